The molecule has 0 bridgehead atoms. The molecule has 4 nitrogen and oxygen atoms in total. The van der Waals surface area contributed by atoms with Crippen molar-refractivity contribution in [2.45, 2.75) is 32.4 Å². The summed E-state index contributed by atoms with van der Waals surface area (Å²) in [7, 11) is 1.67. The Bertz CT molecular complexity index is 701. The van der Waals surface area contributed by atoms with Crippen LogP contribution >= 0.6 is 12.4 Å². The molecular formula is C21H27ClN2O2. The summed E-state index contributed by atoms with van der Waals surface area (Å²) in [6.07, 6.45) is 1.84. The molecule has 0 unspecified atom stereocenters. The van der Waals surface area contributed by atoms with Crippen molar-refractivity contribution in [2.24, 2.45) is 5.92 Å². The number of halogens is 1. The molecule has 2 N–H and O–H groups in total. The van der Waals surface area contributed by atoms with Gasteiger partial charge in [0.25, 0.3) is 0 Å². The minimum Gasteiger partial charge on any atom is -0.497 e. The summed E-state index contributed by atoms with van der Waals surface area (Å²) in [5, 5.41) is 6.46. The molecule has 5 heteroatoms. The first-order valence-electron chi connectivity index (χ1n) is 8.90. The highest BCUT2D eigenvalue weighted by Crippen LogP contribution is 2.23. The van der Waals surface area contributed by atoms with Gasteiger partial charge in [-0.05, 0) is 55.1 Å². The zero-order chi connectivity index (χ0) is 17.6. The molecule has 0 aliphatic carbocycles. The molecule has 3 rings (SSSR count). The van der Waals surface area contributed by atoms with E-state index in [0.29, 0.717) is 12.6 Å². The number of benzene rings is 2. The zero-order valence-electron chi connectivity index (χ0n) is 15.3. The average molecular weight is 375 g/mol. The van der Waals surface area contributed by atoms with Crippen LogP contribution in [0.5, 0.6) is 5.75 Å². The summed E-state index contributed by atoms with van der Waals surface area (Å²) in [4.78, 5) is 12.3. The van der Waals surface area contributed by atoms with Crippen LogP contribution in [-0.2, 0) is 11.3 Å². The average Bonchev–Trinajstić information content (AvgIpc) is 2.66. The topological polar surface area (TPSA) is 50.4 Å². The zero-order valence-corrected chi connectivity index (χ0v) is 16.1. The molecule has 140 valence electrons. The fourth-order valence-electron chi connectivity index (χ4n) is 3.30. The van der Waals surface area contributed by atoms with E-state index < -0.39 is 0 Å². The molecule has 1 fully saturated rings. The van der Waals surface area contributed by atoms with Crippen LogP contribution in [0.3, 0.4) is 0 Å². The Balaban J connectivity index is 0.00000243. The van der Waals surface area contributed by atoms with Gasteiger partial charge < -0.3 is 15.4 Å². The lowest BCUT2D eigenvalue weighted by Crippen LogP contribution is -2.42. The van der Waals surface area contributed by atoms with E-state index in [2.05, 4.69) is 41.8 Å². The number of carbonyl (C=O) groups is 1. The predicted octanol–water partition coefficient (Wildman–Crippen LogP) is 3.79. The van der Waals surface area contributed by atoms with E-state index in [4.69, 9.17) is 4.74 Å². The first kappa shape index (κ1) is 20.3. The van der Waals surface area contributed by atoms with Crippen molar-refractivity contribution in [3.63, 3.8) is 0 Å². The summed E-state index contributed by atoms with van der Waals surface area (Å²) >= 11 is 0. The van der Waals surface area contributed by atoms with Gasteiger partial charge in [0.05, 0.1) is 7.11 Å². The van der Waals surface area contributed by atoms with Gasteiger partial charge in [-0.2, -0.15) is 0 Å². The highest BCUT2D eigenvalue weighted by molar-refractivity contribution is 5.85. The maximum absolute atomic E-state index is 12.3. The lowest BCUT2D eigenvalue weighted by molar-refractivity contribution is -0.126. The van der Waals surface area contributed by atoms with E-state index in [1.807, 2.05) is 24.3 Å². The number of nitrogens with one attached hydrogen (secondary N) is 2. The third-order valence-corrected chi connectivity index (χ3v) is 4.84. The van der Waals surface area contributed by atoms with E-state index >= 15 is 0 Å². The van der Waals surface area contributed by atoms with E-state index in [1.165, 1.54) is 0 Å². The Morgan fingerprint density at radius 3 is 2.31 bits per heavy atom. The number of rotatable bonds is 5. The summed E-state index contributed by atoms with van der Waals surface area (Å²) in [6.45, 7) is 3.65. The molecule has 1 saturated heterocycles. The first-order valence-corrected chi connectivity index (χ1v) is 8.90. The van der Waals surface area contributed by atoms with Gasteiger partial charge in [0.15, 0.2) is 0 Å². The van der Waals surface area contributed by atoms with E-state index in [9.17, 15) is 4.79 Å². The van der Waals surface area contributed by atoms with E-state index in [1.54, 1.807) is 7.11 Å². The van der Waals surface area contributed by atoms with Gasteiger partial charge in [-0.1, -0.05) is 36.4 Å². The number of ether oxygens (including phenoxy) is 1. The fourth-order valence-corrected chi connectivity index (χ4v) is 3.30. The number of hydrogen-bond acceptors (Lipinski definition) is 3. The molecule has 0 aromatic heterocycles. The summed E-state index contributed by atoms with van der Waals surface area (Å²) in [5.74, 6) is 1.16. The summed E-state index contributed by atoms with van der Waals surface area (Å²) < 4.78 is 5.19. The van der Waals surface area contributed by atoms with E-state index in [0.717, 1.165) is 41.8 Å². The monoisotopic (exact) mass is 374 g/mol. The molecule has 26 heavy (non-hydrogen) atoms. The first-order chi connectivity index (χ1) is 12.2. The fraction of sp³-hybridized carbons (Fsp3) is 0.381. The lowest BCUT2D eigenvalue weighted by Gasteiger charge is -2.27. The Morgan fingerprint density at radius 1 is 1.12 bits per heavy atom. The SMILES string of the molecule is COc1ccc(-c2ccc(CNC(=O)[C@H]3CCN[C@@H](C)C3)cc2)cc1.Cl. The molecule has 1 aliphatic rings. The third-order valence-electron chi connectivity index (χ3n) is 4.84. The van der Waals surface area contributed by atoms with Crippen molar-refractivity contribution in [1.29, 1.82) is 0 Å². The van der Waals surface area contributed by atoms with Crippen LogP contribution in [0.4, 0.5) is 0 Å². The van der Waals surface area contributed by atoms with Gasteiger partial charge in [0.1, 0.15) is 5.75 Å². The Labute approximate surface area is 161 Å². The predicted molar refractivity (Wildman–Crippen MR) is 108 cm³/mol. The minimum atomic E-state index is 0. The van der Waals surface area contributed by atoms with Gasteiger partial charge in [-0.25, -0.2) is 0 Å². The van der Waals surface area contributed by atoms with Crippen LogP contribution in [0, 0.1) is 5.92 Å². The Hall–Kier alpha value is -2.04. The van der Waals surface area contributed by atoms with Crippen molar-refractivity contribution in [3.8, 4) is 16.9 Å². The summed E-state index contributed by atoms with van der Waals surface area (Å²) in [6, 6.07) is 16.8. The maximum Gasteiger partial charge on any atom is 0.223 e. The van der Waals surface area contributed by atoms with Gasteiger partial charge in [-0.3, -0.25) is 4.79 Å². The highest BCUT2D eigenvalue weighted by Gasteiger charge is 2.24. The smallest absolute Gasteiger partial charge is 0.223 e. The van der Waals surface area contributed by atoms with Crippen molar-refractivity contribution in [3.05, 3.63) is 54.1 Å². The second kappa shape index (κ2) is 9.60. The van der Waals surface area contributed by atoms with Crippen molar-refractivity contribution in [2.75, 3.05) is 13.7 Å². The second-order valence-corrected chi connectivity index (χ2v) is 6.72. The van der Waals surface area contributed by atoms with Gasteiger partial charge >= 0.3 is 0 Å². The molecule has 2 aromatic carbocycles. The largest absolute Gasteiger partial charge is 0.497 e. The van der Waals surface area contributed by atoms with E-state index in [-0.39, 0.29) is 24.2 Å². The van der Waals surface area contributed by atoms with Crippen molar-refractivity contribution in [1.82, 2.24) is 10.6 Å². The standard InChI is InChI=1S/C21H26N2O2.ClH/c1-15-13-19(11-12-22-15)21(24)23-14-16-3-5-17(6-4-16)18-7-9-20(25-2)10-8-18;/h3-10,15,19,22H,11-14H2,1-2H3,(H,23,24);1H/t15-,19-;/m0./s1. The number of piperidine rings is 1. The molecule has 2 atom stereocenters. The number of methoxy groups -OCH3 is 1. The molecule has 0 saturated carbocycles. The van der Waals surface area contributed by atoms with Crippen LogP contribution < -0.4 is 15.4 Å². The molecule has 1 amide bonds. The second-order valence-electron chi connectivity index (χ2n) is 6.72. The third kappa shape index (κ3) is 5.23. The molecule has 2 aromatic rings. The van der Waals surface area contributed by atoms with Crippen molar-refractivity contribution < 1.29 is 9.53 Å². The quantitative estimate of drug-likeness (QED) is 0.837. The molecule has 0 spiro atoms. The van der Waals surface area contributed by atoms with Crippen LogP contribution in [0.1, 0.15) is 25.3 Å². The van der Waals surface area contributed by atoms with Gasteiger partial charge in [0, 0.05) is 18.5 Å². The Morgan fingerprint density at radius 2 is 1.73 bits per heavy atom. The summed E-state index contributed by atoms with van der Waals surface area (Å²) in [5.41, 5.74) is 3.43. The van der Waals surface area contributed by atoms with Crippen LogP contribution in [-0.4, -0.2) is 25.6 Å². The number of hydrogen-bond donors (Lipinski definition) is 2. The maximum atomic E-state index is 12.3. The normalized spacial score (nSPS) is 19.3. The molecule has 1 heterocycles. The number of carbonyl (C=O) groups excluding carboxylic acids is 1. The van der Waals surface area contributed by atoms with Gasteiger partial charge in [-0.15, -0.1) is 12.4 Å². The molecular weight excluding hydrogens is 348 g/mol. The highest BCUT2D eigenvalue weighted by atomic mass is 35.5. The van der Waals surface area contributed by atoms with Crippen LogP contribution in [0.15, 0.2) is 48.5 Å². The lowest BCUT2D eigenvalue weighted by atomic mass is 9.92. The number of amides is 1. The molecule has 0 radical (unpaired) electrons. The van der Waals surface area contributed by atoms with Crippen molar-refractivity contribution >= 4 is 18.3 Å². The Kier molecular flexibility index (Phi) is 7.49. The van der Waals surface area contributed by atoms with Crippen LogP contribution in [0.25, 0.3) is 11.1 Å². The van der Waals surface area contributed by atoms with Gasteiger partial charge in [0.2, 0.25) is 5.91 Å². The molecule has 1 aliphatic heterocycles. The van der Waals surface area contributed by atoms with Crippen LogP contribution in [0.2, 0.25) is 0 Å². The minimum absolute atomic E-state index is 0.